The van der Waals surface area contributed by atoms with Crippen LogP contribution in [-0.4, -0.2) is 14.8 Å². The minimum atomic E-state index is 0.945. The summed E-state index contributed by atoms with van der Waals surface area (Å²) in [5, 5.41) is 4.41. The fourth-order valence-electron chi connectivity index (χ4n) is 2.05. The van der Waals surface area contributed by atoms with Crippen molar-refractivity contribution in [3.8, 4) is 16.9 Å². The summed E-state index contributed by atoms with van der Waals surface area (Å²) in [5.74, 6) is 0. The molecule has 19 heavy (non-hydrogen) atoms. The summed E-state index contributed by atoms with van der Waals surface area (Å²) in [4.78, 5) is 4.34. The standard InChI is InChI=1S/C16H15N3/c1-2-13-6-5-7-15(10-13)19-12-14(11-18-19)16-8-3-4-9-17-16/h3-12H,2H2,1H3. The average molecular weight is 249 g/mol. The van der Waals surface area contributed by atoms with Crippen LogP contribution in [0.2, 0.25) is 0 Å². The third-order valence-electron chi connectivity index (χ3n) is 3.13. The molecule has 2 heterocycles. The zero-order valence-electron chi connectivity index (χ0n) is 10.8. The lowest BCUT2D eigenvalue weighted by Crippen LogP contribution is -1.94. The first-order valence-corrected chi connectivity index (χ1v) is 6.42. The van der Waals surface area contributed by atoms with Crippen LogP contribution in [-0.2, 0) is 6.42 Å². The van der Waals surface area contributed by atoms with E-state index < -0.39 is 0 Å². The molecule has 0 N–H and O–H groups in total. The zero-order valence-corrected chi connectivity index (χ0v) is 10.8. The summed E-state index contributed by atoms with van der Waals surface area (Å²) >= 11 is 0. The van der Waals surface area contributed by atoms with E-state index in [0.717, 1.165) is 23.4 Å². The molecule has 0 atom stereocenters. The van der Waals surface area contributed by atoms with Crippen molar-refractivity contribution in [3.05, 3.63) is 66.6 Å². The van der Waals surface area contributed by atoms with E-state index in [2.05, 4.69) is 41.3 Å². The summed E-state index contributed by atoms with van der Waals surface area (Å²) in [5.41, 5.74) is 4.37. The fraction of sp³-hybridized carbons (Fsp3) is 0.125. The van der Waals surface area contributed by atoms with Gasteiger partial charge in [-0.25, -0.2) is 4.68 Å². The van der Waals surface area contributed by atoms with Crippen molar-refractivity contribution in [1.29, 1.82) is 0 Å². The van der Waals surface area contributed by atoms with Crippen LogP contribution in [0.3, 0.4) is 0 Å². The monoisotopic (exact) mass is 249 g/mol. The lowest BCUT2D eigenvalue weighted by molar-refractivity contribution is 0.877. The van der Waals surface area contributed by atoms with Crippen LogP contribution in [0.1, 0.15) is 12.5 Å². The number of nitrogens with zero attached hydrogens (tertiary/aromatic N) is 3. The van der Waals surface area contributed by atoms with E-state index in [9.17, 15) is 0 Å². The van der Waals surface area contributed by atoms with Crippen molar-refractivity contribution < 1.29 is 0 Å². The Labute approximate surface area is 112 Å². The van der Waals surface area contributed by atoms with Gasteiger partial charge in [-0.2, -0.15) is 5.10 Å². The highest BCUT2D eigenvalue weighted by atomic mass is 15.3. The molecule has 3 aromatic rings. The van der Waals surface area contributed by atoms with Crippen LogP contribution in [0, 0.1) is 0 Å². The molecular weight excluding hydrogens is 234 g/mol. The van der Waals surface area contributed by atoms with Crippen molar-refractivity contribution in [2.24, 2.45) is 0 Å². The molecule has 2 aromatic heterocycles. The van der Waals surface area contributed by atoms with E-state index in [0.29, 0.717) is 0 Å². The van der Waals surface area contributed by atoms with Gasteiger partial charge in [0, 0.05) is 18.0 Å². The summed E-state index contributed by atoms with van der Waals surface area (Å²) in [6.07, 6.45) is 6.69. The maximum atomic E-state index is 4.41. The van der Waals surface area contributed by atoms with E-state index in [-0.39, 0.29) is 0 Å². The summed E-state index contributed by atoms with van der Waals surface area (Å²) in [6, 6.07) is 14.3. The molecule has 94 valence electrons. The maximum absolute atomic E-state index is 4.41. The topological polar surface area (TPSA) is 30.7 Å². The molecule has 0 unspecified atom stereocenters. The molecule has 0 spiro atoms. The molecule has 0 radical (unpaired) electrons. The van der Waals surface area contributed by atoms with Crippen molar-refractivity contribution in [2.45, 2.75) is 13.3 Å². The van der Waals surface area contributed by atoms with Gasteiger partial charge in [-0.05, 0) is 36.2 Å². The van der Waals surface area contributed by atoms with E-state index in [1.165, 1.54) is 5.56 Å². The molecule has 3 nitrogen and oxygen atoms in total. The van der Waals surface area contributed by atoms with Crippen LogP contribution in [0.15, 0.2) is 61.1 Å². The largest absolute Gasteiger partial charge is 0.256 e. The second kappa shape index (κ2) is 5.06. The highest BCUT2D eigenvalue weighted by Gasteiger charge is 2.04. The van der Waals surface area contributed by atoms with Gasteiger partial charge in [0.25, 0.3) is 0 Å². The van der Waals surface area contributed by atoms with Gasteiger partial charge in [0.15, 0.2) is 0 Å². The van der Waals surface area contributed by atoms with Gasteiger partial charge >= 0.3 is 0 Å². The van der Waals surface area contributed by atoms with E-state index in [1.807, 2.05) is 35.3 Å². The van der Waals surface area contributed by atoms with Crippen LogP contribution in [0.5, 0.6) is 0 Å². The Hall–Kier alpha value is -2.42. The van der Waals surface area contributed by atoms with E-state index in [1.54, 1.807) is 6.20 Å². The van der Waals surface area contributed by atoms with Crippen molar-refractivity contribution in [3.63, 3.8) is 0 Å². The Morgan fingerprint density at radius 1 is 1.11 bits per heavy atom. The third kappa shape index (κ3) is 2.40. The van der Waals surface area contributed by atoms with Crippen LogP contribution < -0.4 is 0 Å². The van der Waals surface area contributed by atoms with Gasteiger partial charge < -0.3 is 0 Å². The summed E-state index contributed by atoms with van der Waals surface area (Å²) in [7, 11) is 0. The zero-order chi connectivity index (χ0) is 13.1. The van der Waals surface area contributed by atoms with Gasteiger partial charge in [-0.1, -0.05) is 25.1 Å². The molecule has 0 saturated carbocycles. The van der Waals surface area contributed by atoms with Crippen molar-refractivity contribution >= 4 is 0 Å². The molecule has 0 bridgehead atoms. The lowest BCUT2D eigenvalue weighted by atomic mass is 10.1. The van der Waals surface area contributed by atoms with Gasteiger partial charge in [0.05, 0.1) is 17.6 Å². The maximum Gasteiger partial charge on any atom is 0.0733 e. The number of hydrogen-bond donors (Lipinski definition) is 0. The van der Waals surface area contributed by atoms with E-state index in [4.69, 9.17) is 0 Å². The third-order valence-corrected chi connectivity index (χ3v) is 3.13. The SMILES string of the molecule is CCc1cccc(-n2cc(-c3ccccn3)cn2)c1. The van der Waals surface area contributed by atoms with Gasteiger partial charge in [0.1, 0.15) is 0 Å². The van der Waals surface area contributed by atoms with Crippen LogP contribution >= 0.6 is 0 Å². The molecule has 0 fully saturated rings. The Bertz CT molecular complexity index is 671. The highest BCUT2D eigenvalue weighted by Crippen LogP contribution is 2.18. The first kappa shape index (κ1) is 11.7. The summed E-state index contributed by atoms with van der Waals surface area (Å²) < 4.78 is 1.89. The Morgan fingerprint density at radius 3 is 2.84 bits per heavy atom. The number of rotatable bonds is 3. The Balaban J connectivity index is 1.97. The molecule has 0 aliphatic heterocycles. The predicted octanol–water partition coefficient (Wildman–Crippen LogP) is 3.50. The second-order valence-electron chi connectivity index (χ2n) is 4.41. The van der Waals surface area contributed by atoms with Gasteiger partial charge in [-0.3, -0.25) is 4.98 Å². The molecule has 0 amide bonds. The molecule has 0 aliphatic rings. The number of aryl methyl sites for hydroxylation is 1. The molecule has 3 heteroatoms. The number of benzene rings is 1. The fourth-order valence-corrected chi connectivity index (χ4v) is 2.05. The normalized spacial score (nSPS) is 10.6. The Kier molecular flexibility index (Phi) is 3.11. The lowest BCUT2D eigenvalue weighted by Gasteiger charge is -2.03. The second-order valence-corrected chi connectivity index (χ2v) is 4.41. The number of hydrogen-bond acceptors (Lipinski definition) is 2. The molecule has 3 rings (SSSR count). The summed E-state index contributed by atoms with van der Waals surface area (Å²) in [6.45, 7) is 2.15. The minimum Gasteiger partial charge on any atom is -0.256 e. The predicted molar refractivity (Wildman–Crippen MR) is 76.2 cm³/mol. The molecule has 0 aliphatic carbocycles. The first-order chi connectivity index (χ1) is 9.36. The van der Waals surface area contributed by atoms with Crippen LogP contribution in [0.4, 0.5) is 0 Å². The molecule has 1 aromatic carbocycles. The van der Waals surface area contributed by atoms with Crippen LogP contribution in [0.25, 0.3) is 16.9 Å². The smallest absolute Gasteiger partial charge is 0.0733 e. The first-order valence-electron chi connectivity index (χ1n) is 6.42. The molecular formula is C16H15N3. The quantitative estimate of drug-likeness (QED) is 0.711. The van der Waals surface area contributed by atoms with Gasteiger partial charge in [0.2, 0.25) is 0 Å². The van der Waals surface area contributed by atoms with Crippen molar-refractivity contribution in [1.82, 2.24) is 14.8 Å². The minimum absolute atomic E-state index is 0.945. The van der Waals surface area contributed by atoms with E-state index >= 15 is 0 Å². The van der Waals surface area contributed by atoms with Crippen molar-refractivity contribution in [2.75, 3.05) is 0 Å². The highest BCUT2D eigenvalue weighted by molar-refractivity contribution is 5.57. The van der Waals surface area contributed by atoms with Gasteiger partial charge in [-0.15, -0.1) is 0 Å². The number of aromatic nitrogens is 3. The Morgan fingerprint density at radius 2 is 2.05 bits per heavy atom. The average Bonchev–Trinajstić information content (AvgIpc) is 2.98. The molecule has 0 saturated heterocycles. The number of pyridine rings is 1.